The van der Waals surface area contributed by atoms with E-state index in [1.165, 1.54) is 39.9 Å². The number of carbonyl (C=O) groups excluding carboxylic acids is 1. The van der Waals surface area contributed by atoms with Gasteiger partial charge in [-0.1, -0.05) is 39.0 Å². The Hall–Kier alpha value is -0.410. The minimum atomic E-state index is -0.666. The van der Waals surface area contributed by atoms with Crippen molar-refractivity contribution in [2.24, 2.45) is 0 Å². The summed E-state index contributed by atoms with van der Waals surface area (Å²) in [5, 5.41) is 0. The van der Waals surface area contributed by atoms with Gasteiger partial charge in [0.15, 0.2) is 5.78 Å². The van der Waals surface area contributed by atoms with E-state index < -0.39 is 6.29 Å². The van der Waals surface area contributed by atoms with Gasteiger partial charge < -0.3 is 9.47 Å². The molecule has 0 N–H and O–H groups in total. The van der Waals surface area contributed by atoms with E-state index in [1.807, 2.05) is 0 Å². The third kappa shape index (κ3) is 7.51. The average molecular weight is 216 g/mol. The average Bonchev–Trinajstić information content (AvgIpc) is 2.25. The molecule has 0 aromatic rings. The molecule has 0 radical (unpaired) electrons. The summed E-state index contributed by atoms with van der Waals surface area (Å²) in [6.07, 6.45) is 7.05. The van der Waals surface area contributed by atoms with E-state index in [0.717, 1.165) is 12.8 Å². The second-order valence-corrected chi connectivity index (χ2v) is 3.79. The predicted molar refractivity (Wildman–Crippen MR) is 60.8 cm³/mol. The molecule has 0 amide bonds. The van der Waals surface area contributed by atoms with Gasteiger partial charge in [0, 0.05) is 20.6 Å². The van der Waals surface area contributed by atoms with E-state index in [0.29, 0.717) is 6.42 Å². The summed E-state index contributed by atoms with van der Waals surface area (Å²) in [6, 6.07) is 0. The molecule has 0 aliphatic rings. The van der Waals surface area contributed by atoms with Crippen molar-refractivity contribution in [2.45, 2.75) is 58.2 Å². The van der Waals surface area contributed by atoms with Crippen LogP contribution in [0.2, 0.25) is 0 Å². The quantitative estimate of drug-likeness (QED) is 0.416. The lowest BCUT2D eigenvalue weighted by molar-refractivity contribution is -0.156. The fraction of sp³-hybridized carbons (Fsp3) is 0.917. The van der Waals surface area contributed by atoms with E-state index in [4.69, 9.17) is 9.47 Å². The van der Waals surface area contributed by atoms with Crippen molar-refractivity contribution in [3.63, 3.8) is 0 Å². The Morgan fingerprint density at radius 3 is 2.07 bits per heavy atom. The highest BCUT2D eigenvalue weighted by molar-refractivity contribution is 5.81. The van der Waals surface area contributed by atoms with Crippen LogP contribution in [0.25, 0.3) is 0 Å². The van der Waals surface area contributed by atoms with Gasteiger partial charge in [0.05, 0.1) is 0 Å². The molecule has 0 saturated heterocycles. The summed E-state index contributed by atoms with van der Waals surface area (Å²) in [6.45, 7) is 2.20. The van der Waals surface area contributed by atoms with Gasteiger partial charge in [0.25, 0.3) is 0 Å². The molecule has 0 atom stereocenters. The second kappa shape index (κ2) is 10.1. The fourth-order valence-electron chi connectivity index (χ4n) is 1.56. The molecule has 3 nitrogen and oxygen atoms in total. The SMILES string of the molecule is CCCCCCCCC(=O)C(OC)OC. The number of Topliss-reactive ketones (excluding diaryl/α,β-unsaturated/α-hetero) is 1. The molecule has 0 unspecified atom stereocenters. The number of hydrogen-bond acceptors (Lipinski definition) is 3. The van der Waals surface area contributed by atoms with Crippen molar-refractivity contribution in [2.75, 3.05) is 14.2 Å². The highest BCUT2D eigenvalue weighted by Gasteiger charge is 2.15. The van der Waals surface area contributed by atoms with Gasteiger partial charge in [-0.05, 0) is 6.42 Å². The van der Waals surface area contributed by atoms with E-state index >= 15 is 0 Å². The lowest BCUT2D eigenvalue weighted by Gasteiger charge is -2.11. The molecular weight excluding hydrogens is 192 g/mol. The topological polar surface area (TPSA) is 35.5 Å². The van der Waals surface area contributed by atoms with Crippen LogP contribution >= 0.6 is 0 Å². The zero-order valence-electron chi connectivity index (χ0n) is 10.3. The van der Waals surface area contributed by atoms with Gasteiger partial charge in [-0.2, -0.15) is 0 Å². The van der Waals surface area contributed by atoms with Crippen LogP contribution in [-0.2, 0) is 14.3 Å². The molecular formula is C12H24O3. The van der Waals surface area contributed by atoms with Crippen LogP contribution < -0.4 is 0 Å². The monoisotopic (exact) mass is 216 g/mol. The maximum atomic E-state index is 11.4. The summed E-state index contributed by atoms with van der Waals surface area (Å²) in [5.41, 5.74) is 0. The van der Waals surface area contributed by atoms with Crippen LogP contribution in [0.1, 0.15) is 51.9 Å². The minimum absolute atomic E-state index is 0.0514. The van der Waals surface area contributed by atoms with Gasteiger partial charge in [-0.15, -0.1) is 0 Å². The van der Waals surface area contributed by atoms with Crippen LogP contribution in [0.4, 0.5) is 0 Å². The van der Waals surface area contributed by atoms with E-state index in [-0.39, 0.29) is 5.78 Å². The summed E-state index contributed by atoms with van der Waals surface area (Å²) in [7, 11) is 2.99. The van der Waals surface area contributed by atoms with Crippen molar-refractivity contribution >= 4 is 5.78 Å². The van der Waals surface area contributed by atoms with Crippen molar-refractivity contribution in [3.05, 3.63) is 0 Å². The Bertz CT molecular complexity index is 153. The van der Waals surface area contributed by atoms with Crippen molar-refractivity contribution in [1.82, 2.24) is 0 Å². The number of unbranched alkanes of at least 4 members (excludes halogenated alkanes) is 5. The summed E-state index contributed by atoms with van der Waals surface area (Å²) in [4.78, 5) is 11.4. The first-order chi connectivity index (χ1) is 7.26. The van der Waals surface area contributed by atoms with Crippen LogP contribution in [-0.4, -0.2) is 26.3 Å². The Kier molecular flexibility index (Phi) is 9.84. The zero-order valence-corrected chi connectivity index (χ0v) is 10.3. The van der Waals surface area contributed by atoms with Crippen LogP contribution in [0.15, 0.2) is 0 Å². The smallest absolute Gasteiger partial charge is 0.217 e. The van der Waals surface area contributed by atoms with Gasteiger partial charge in [0.2, 0.25) is 6.29 Å². The molecule has 0 aliphatic carbocycles. The largest absolute Gasteiger partial charge is 0.349 e. The third-order valence-electron chi connectivity index (χ3n) is 2.47. The minimum Gasteiger partial charge on any atom is -0.349 e. The van der Waals surface area contributed by atoms with Crippen molar-refractivity contribution in [3.8, 4) is 0 Å². The number of rotatable bonds is 10. The molecule has 3 heteroatoms. The molecule has 0 spiro atoms. The molecule has 0 aliphatic heterocycles. The van der Waals surface area contributed by atoms with Gasteiger partial charge in [0.1, 0.15) is 0 Å². The lowest BCUT2D eigenvalue weighted by atomic mass is 10.1. The molecule has 15 heavy (non-hydrogen) atoms. The van der Waals surface area contributed by atoms with Gasteiger partial charge in [-0.3, -0.25) is 4.79 Å². The predicted octanol–water partition coefficient (Wildman–Crippen LogP) is 2.93. The molecule has 0 fully saturated rings. The Labute approximate surface area is 93.1 Å². The van der Waals surface area contributed by atoms with Crippen molar-refractivity contribution in [1.29, 1.82) is 0 Å². The number of ether oxygens (including phenoxy) is 2. The normalized spacial score (nSPS) is 10.9. The molecule has 0 rings (SSSR count). The molecule has 0 aromatic heterocycles. The second-order valence-electron chi connectivity index (χ2n) is 3.79. The Balaban J connectivity index is 3.38. The van der Waals surface area contributed by atoms with Crippen molar-refractivity contribution < 1.29 is 14.3 Å². The Morgan fingerprint density at radius 2 is 1.53 bits per heavy atom. The summed E-state index contributed by atoms with van der Waals surface area (Å²) >= 11 is 0. The number of ketones is 1. The summed E-state index contributed by atoms with van der Waals surface area (Å²) in [5.74, 6) is 0.0514. The first-order valence-corrected chi connectivity index (χ1v) is 5.84. The molecule has 0 saturated carbocycles. The van der Waals surface area contributed by atoms with Crippen LogP contribution in [0, 0.1) is 0 Å². The first-order valence-electron chi connectivity index (χ1n) is 5.84. The molecule has 0 bridgehead atoms. The lowest BCUT2D eigenvalue weighted by Crippen LogP contribution is -2.24. The maximum Gasteiger partial charge on any atom is 0.217 e. The number of carbonyl (C=O) groups is 1. The highest BCUT2D eigenvalue weighted by atomic mass is 16.7. The standard InChI is InChI=1S/C12H24O3/c1-4-5-6-7-8-9-10-11(13)12(14-2)15-3/h12H,4-10H2,1-3H3. The van der Waals surface area contributed by atoms with E-state index in [2.05, 4.69) is 6.92 Å². The van der Waals surface area contributed by atoms with E-state index in [9.17, 15) is 4.79 Å². The third-order valence-corrected chi connectivity index (χ3v) is 2.47. The van der Waals surface area contributed by atoms with Gasteiger partial charge in [-0.25, -0.2) is 0 Å². The molecule has 0 aromatic carbocycles. The number of methoxy groups -OCH3 is 2. The van der Waals surface area contributed by atoms with Crippen LogP contribution in [0.5, 0.6) is 0 Å². The molecule has 0 heterocycles. The Morgan fingerprint density at radius 1 is 1.00 bits per heavy atom. The molecule has 90 valence electrons. The fourth-order valence-corrected chi connectivity index (χ4v) is 1.56. The first kappa shape index (κ1) is 14.6. The summed E-state index contributed by atoms with van der Waals surface area (Å²) < 4.78 is 9.77. The van der Waals surface area contributed by atoms with Crippen LogP contribution in [0.3, 0.4) is 0 Å². The highest BCUT2D eigenvalue weighted by Crippen LogP contribution is 2.08. The maximum absolute atomic E-state index is 11.4. The van der Waals surface area contributed by atoms with E-state index in [1.54, 1.807) is 0 Å². The van der Waals surface area contributed by atoms with Gasteiger partial charge >= 0.3 is 0 Å². The zero-order chi connectivity index (χ0) is 11.5. The number of hydrogen-bond donors (Lipinski definition) is 0.